The first-order valence-corrected chi connectivity index (χ1v) is 9.94. The standard InChI is InChI=1S/C19H22N2O4S/c1-14-3-9-18(10-4-14)26(23,24)20-17-7-5-16(6-8-17)19(22)21-11-12-25-15(2)13-21/h3-10,15,20H,11-13H2,1-2H3. The quantitative estimate of drug-likeness (QED) is 0.893. The normalized spacial score (nSPS) is 17.8. The molecule has 0 bridgehead atoms. The zero-order chi connectivity index (χ0) is 18.7. The maximum atomic E-state index is 12.5. The fourth-order valence-corrected chi connectivity index (χ4v) is 3.86. The minimum atomic E-state index is -3.65. The minimum absolute atomic E-state index is 0.0216. The van der Waals surface area contributed by atoms with Gasteiger partial charge in [-0.25, -0.2) is 8.42 Å². The average Bonchev–Trinajstić information content (AvgIpc) is 2.62. The van der Waals surface area contributed by atoms with Crippen molar-refractivity contribution in [3.63, 3.8) is 0 Å². The summed E-state index contributed by atoms with van der Waals surface area (Å²) in [4.78, 5) is 14.5. The van der Waals surface area contributed by atoms with E-state index in [-0.39, 0.29) is 16.9 Å². The van der Waals surface area contributed by atoms with Crippen LogP contribution in [0, 0.1) is 6.92 Å². The summed E-state index contributed by atoms with van der Waals surface area (Å²) in [6.07, 6.45) is 0.0216. The van der Waals surface area contributed by atoms with Gasteiger partial charge in [0.2, 0.25) is 0 Å². The van der Waals surface area contributed by atoms with Gasteiger partial charge in [0.05, 0.1) is 17.6 Å². The van der Waals surface area contributed by atoms with Crippen LogP contribution in [0.4, 0.5) is 5.69 Å². The number of benzene rings is 2. The monoisotopic (exact) mass is 374 g/mol. The van der Waals surface area contributed by atoms with Gasteiger partial charge in [-0.15, -0.1) is 0 Å². The van der Waals surface area contributed by atoms with Crippen molar-refractivity contribution in [2.45, 2.75) is 24.8 Å². The Kier molecular flexibility index (Phi) is 5.29. The molecule has 2 aromatic carbocycles. The number of sulfonamides is 1. The number of hydrogen-bond acceptors (Lipinski definition) is 4. The average molecular weight is 374 g/mol. The summed E-state index contributed by atoms with van der Waals surface area (Å²) in [5.74, 6) is -0.0758. The Hall–Kier alpha value is -2.38. The van der Waals surface area contributed by atoms with Crippen molar-refractivity contribution in [2.75, 3.05) is 24.4 Å². The lowest BCUT2D eigenvalue weighted by atomic mass is 10.1. The summed E-state index contributed by atoms with van der Waals surface area (Å²) in [5.41, 5.74) is 1.93. The molecule has 0 saturated carbocycles. The summed E-state index contributed by atoms with van der Waals surface area (Å²) in [6, 6.07) is 13.1. The van der Waals surface area contributed by atoms with Crippen LogP contribution in [-0.4, -0.2) is 45.0 Å². The topological polar surface area (TPSA) is 75.7 Å². The lowest BCUT2D eigenvalue weighted by Gasteiger charge is -2.31. The van der Waals surface area contributed by atoms with Gasteiger partial charge >= 0.3 is 0 Å². The van der Waals surface area contributed by atoms with Crippen LogP contribution in [0.5, 0.6) is 0 Å². The number of aryl methyl sites for hydroxylation is 1. The van der Waals surface area contributed by atoms with Crippen molar-refractivity contribution in [3.8, 4) is 0 Å². The predicted molar refractivity (Wildman–Crippen MR) is 99.7 cm³/mol. The molecule has 2 aromatic rings. The lowest BCUT2D eigenvalue weighted by molar-refractivity contribution is -0.0124. The molecule has 0 aliphatic carbocycles. The molecule has 1 unspecified atom stereocenters. The molecule has 1 saturated heterocycles. The van der Waals surface area contributed by atoms with Crippen molar-refractivity contribution in [1.82, 2.24) is 4.90 Å². The van der Waals surface area contributed by atoms with E-state index < -0.39 is 10.0 Å². The number of nitrogens with zero attached hydrogens (tertiary/aromatic N) is 1. The van der Waals surface area contributed by atoms with Gasteiger partial charge < -0.3 is 9.64 Å². The van der Waals surface area contributed by atoms with E-state index in [1.54, 1.807) is 53.4 Å². The Bertz CT molecular complexity index is 877. The van der Waals surface area contributed by atoms with Gasteiger partial charge in [0.1, 0.15) is 0 Å². The summed E-state index contributed by atoms with van der Waals surface area (Å²) in [7, 11) is -3.65. The van der Waals surface area contributed by atoms with Crippen molar-refractivity contribution in [3.05, 3.63) is 59.7 Å². The molecule has 1 aliphatic rings. The summed E-state index contributed by atoms with van der Waals surface area (Å²) < 4.78 is 32.8. The van der Waals surface area contributed by atoms with Crippen molar-refractivity contribution in [2.24, 2.45) is 0 Å². The SMILES string of the molecule is Cc1ccc(S(=O)(=O)Nc2ccc(C(=O)N3CCOC(C)C3)cc2)cc1. The molecule has 1 aliphatic heterocycles. The second-order valence-corrected chi connectivity index (χ2v) is 8.11. The van der Waals surface area contributed by atoms with Gasteiger partial charge in [-0.3, -0.25) is 9.52 Å². The van der Waals surface area contributed by atoms with E-state index in [1.807, 2.05) is 13.8 Å². The van der Waals surface area contributed by atoms with Crippen molar-refractivity contribution in [1.29, 1.82) is 0 Å². The lowest BCUT2D eigenvalue weighted by Crippen LogP contribution is -2.44. The van der Waals surface area contributed by atoms with Gasteiger partial charge in [-0.05, 0) is 50.2 Å². The van der Waals surface area contributed by atoms with E-state index in [1.165, 1.54) is 0 Å². The Morgan fingerprint density at radius 2 is 1.77 bits per heavy atom. The zero-order valence-electron chi connectivity index (χ0n) is 14.8. The maximum absolute atomic E-state index is 12.5. The van der Waals surface area contributed by atoms with E-state index >= 15 is 0 Å². The number of ether oxygens (including phenoxy) is 1. The fraction of sp³-hybridized carbons (Fsp3) is 0.316. The van der Waals surface area contributed by atoms with Crippen LogP contribution in [0.1, 0.15) is 22.8 Å². The van der Waals surface area contributed by atoms with Crippen LogP contribution < -0.4 is 4.72 Å². The first kappa shape index (κ1) is 18.4. The van der Waals surface area contributed by atoms with Crippen LogP contribution in [0.3, 0.4) is 0 Å². The molecule has 0 spiro atoms. The van der Waals surface area contributed by atoms with E-state index in [4.69, 9.17) is 4.74 Å². The predicted octanol–water partition coefficient (Wildman–Crippen LogP) is 2.66. The van der Waals surface area contributed by atoms with Crippen molar-refractivity contribution >= 4 is 21.6 Å². The third-order valence-corrected chi connectivity index (χ3v) is 5.64. The highest BCUT2D eigenvalue weighted by Crippen LogP contribution is 2.18. The van der Waals surface area contributed by atoms with Gasteiger partial charge in [0, 0.05) is 24.3 Å². The Labute approximate surface area is 153 Å². The molecule has 7 heteroatoms. The third kappa shape index (κ3) is 4.23. The molecule has 1 fully saturated rings. The highest BCUT2D eigenvalue weighted by atomic mass is 32.2. The molecule has 1 heterocycles. The molecule has 1 amide bonds. The molecular weight excluding hydrogens is 352 g/mol. The van der Waals surface area contributed by atoms with E-state index in [2.05, 4.69) is 4.72 Å². The second-order valence-electron chi connectivity index (χ2n) is 6.43. The second kappa shape index (κ2) is 7.47. The van der Waals surface area contributed by atoms with Gasteiger partial charge in [-0.1, -0.05) is 17.7 Å². The van der Waals surface area contributed by atoms with Crippen LogP contribution in [0.15, 0.2) is 53.4 Å². The van der Waals surface area contributed by atoms with Crippen LogP contribution in [-0.2, 0) is 14.8 Å². The van der Waals surface area contributed by atoms with Crippen LogP contribution in [0.25, 0.3) is 0 Å². The zero-order valence-corrected chi connectivity index (χ0v) is 15.6. The van der Waals surface area contributed by atoms with E-state index in [0.717, 1.165) is 5.56 Å². The molecule has 6 nitrogen and oxygen atoms in total. The van der Waals surface area contributed by atoms with Gasteiger partial charge in [0.25, 0.3) is 15.9 Å². The Balaban J connectivity index is 1.71. The number of morpholine rings is 1. The number of carbonyl (C=O) groups is 1. The number of amides is 1. The summed E-state index contributed by atoms with van der Waals surface area (Å²) in [6.45, 7) is 5.48. The van der Waals surface area contributed by atoms with Crippen LogP contribution >= 0.6 is 0 Å². The van der Waals surface area contributed by atoms with E-state index in [9.17, 15) is 13.2 Å². The fourth-order valence-electron chi connectivity index (χ4n) is 2.80. The minimum Gasteiger partial charge on any atom is -0.375 e. The number of hydrogen-bond donors (Lipinski definition) is 1. The van der Waals surface area contributed by atoms with Gasteiger partial charge in [-0.2, -0.15) is 0 Å². The Morgan fingerprint density at radius 3 is 2.38 bits per heavy atom. The third-order valence-electron chi connectivity index (χ3n) is 4.24. The summed E-state index contributed by atoms with van der Waals surface area (Å²) >= 11 is 0. The molecule has 3 rings (SSSR count). The number of carbonyl (C=O) groups excluding carboxylic acids is 1. The van der Waals surface area contributed by atoms with E-state index in [0.29, 0.717) is 30.9 Å². The molecular formula is C19H22N2O4S. The van der Waals surface area contributed by atoms with Crippen LogP contribution in [0.2, 0.25) is 0 Å². The highest BCUT2D eigenvalue weighted by Gasteiger charge is 2.22. The van der Waals surface area contributed by atoms with Crippen molar-refractivity contribution < 1.29 is 17.9 Å². The van der Waals surface area contributed by atoms with Gasteiger partial charge in [0.15, 0.2) is 0 Å². The Morgan fingerprint density at radius 1 is 1.12 bits per heavy atom. The number of rotatable bonds is 4. The molecule has 138 valence electrons. The first-order valence-electron chi connectivity index (χ1n) is 8.45. The maximum Gasteiger partial charge on any atom is 0.261 e. The molecule has 1 atom stereocenters. The largest absolute Gasteiger partial charge is 0.375 e. The molecule has 0 radical (unpaired) electrons. The molecule has 1 N–H and O–H groups in total. The number of nitrogens with one attached hydrogen (secondary N) is 1. The first-order chi connectivity index (χ1) is 12.3. The summed E-state index contributed by atoms with van der Waals surface area (Å²) in [5, 5.41) is 0. The molecule has 26 heavy (non-hydrogen) atoms. The highest BCUT2D eigenvalue weighted by molar-refractivity contribution is 7.92. The number of anilines is 1. The smallest absolute Gasteiger partial charge is 0.261 e. The molecule has 0 aromatic heterocycles.